The van der Waals surface area contributed by atoms with Crippen LogP contribution < -0.4 is 5.32 Å². The molecule has 0 aliphatic heterocycles. The van der Waals surface area contributed by atoms with Crippen LogP contribution in [0, 0.1) is 0 Å². The Balaban J connectivity index is 1.72. The van der Waals surface area contributed by atoms with Crippen LogP contribution in [-0.4, -0.2) is 21.7 Å². The summed E-state index contributed by atoms with van der Waals surface area (Å²) in [6.07, 6.45) is 4.60. The number of anilines is 1. The number of carbonyl (C=O) groups excluding carboxylic acids is 2. The van der Waals surface area contributed by atoms with Crippen LogP contribution in [0.3, 0.4) is 0 Å². The molecule has 0 atom stereocenters. The van der Waals surface area contributed by atoms with Gasteiger partial charge in [0.15, 0.2) is 5.78 Å². The van der Waals surface area contributed by atoms with Crippen LogP contribution in [-0.2, 0) is 4.79 Å². The summed E-state index contributed by atoms with van der Waals surface area (Å²) in [6, 6.07) is 14.3. The average molecular weight is 317 g/mol. The lowest BCUT2D eigenvalue weighted by atomic mass is 10.1. The van der Waals surface area contributed by atoms with E-state index < -0.39 is 0 Å². The number of carbonyl (C=O) groups is 2. The van der Waals surface area contributed by atoms with Crippen LogP contribution in [0.2, 0.25) is 0 Å². The molecule has 5 nitrogen and oxygen atoms in total. The number of Topliss-reactive ketones (excluding diaryl/α,β-unsaturated/α-hetero) is 1. The highest BCUT2D eigenvalue weighted by molar-refractivity contribution is 6.03. The van der Waals surface area contributed by atoms with Gasteiger partial charge in [-0.15, -0.1) is 0 Å². The van der Waals surface area contributed by atoms with Crippen molar-refractivity contribution >= 4 is 34.5 Å². The Morgan fingerprint density at radius 2 is 1.83 bits per heavy atom. The standard InChI is InChI=1S/C19H15N3O2/c1-13(23)14-5-4-6-15(11-14)22-19(24)10-9-16-12-20-17-7-2-3-8-18(17)21-16/h2-12H,1H3,(H,22,24). The molecule has 5 heteroatoms. The predicted octanol–water partition coefficient (Wildman–Crippen LogP) is 3.48. The number of para-hydroxylation sites is 2. The summed E-state index contributed by atoms with van der Waals surface area (Å²) < 4.78 is 0. The van der Waals surface area contributed by atoms with Gasteiger partial charge in [0.2, 0.25) is 5.91 Å². The van der Waals surface area contributed by atoms with Gasteiger partial charge in [0, 0.05) is 17.3 Å². The van der Waals surface area contributed by atoms with Gasteiger partial charge in [-0.3, -0.25) is 14.6 Å². The number of nitrogens with zero attached hydrogens (tertiary/aromatic N) is 2. The highest BCUT2D eigenvalue weighted by atomic mass is 16.1. The fourth-order valence-electron chi connectivity index (χ4n) is 2.21. The molecule has 1 aromatic heterocycles. The molecule has 0 bridgehead atoms. The molecule has 2 aromatic carbocycles. The molecule has 1 N–H and O–H groups in total. The van der Waals surface area contributed by atoms with Gasteiger partial charge in [-0.2, -0.15) is 0 Å². The smallest absolute Gasteiger partial charge is 0.248 e. The summed E-state index contributed by atoms with van der Waals surface area (Å²) in [5, 5.41) is 2.72. The fourth-order valence-corrected chi connectivity index (χ4v) is 2.21. The van der Waals surface area contributed by atoms with E-state index in [4.69, 9.17) is 0 Å². The van der Waals surface area contributed by atoms with Gasteiger partial charge >= 0.3 is 0 Å². The van der Waals surface area contributed by atoms with E-state index in [0.29, 0.717) is 16.9 Å². The number of nitrogens with one attached hydrogen (secondary N) is 1. The van der Waals surface area contributed by atoms with Crippen molar-refractivity contribution in [1.82, 2.24) is 9.97 Å². The molecule has 1 heterocycles. The highest BCUT2D eigenvalue weighted by Gasteiger charge is 2.03. The number of aromatic nitrogens is 2. The van der Waals surface area contributed by atoms with Gasteiger partial charge in [-0.1, -0.05) is 24.3 Å². The van der Waals surface area contributed by atoms with E-state index in [9.17, 15) is 9.59 Å². The Morgan fingerprint density at radius 3 is 2.62 bits per heavy atom. The van der Waals surface area contributed by atoms with E-state index in [2.05, 4.69) is 15.3 Å². The lowest BCUT2D eigenvalue weighted by Crippen LogP contribution is -2.08. The van der Waals surface area contributed by atoms with Crippen molar-refractivity contribution < 1.29 is 9.59 Å². The third kappa shape index (κ3) is 3.70. The number of rotatable bonds is 4. The maximum absolute atomic E-state index is 12.0. The van der Waals surface area contributed by atoms with Crippen molar-refractivity contribution in [3.05, 3.63) is 72.1 Å². The SMILES string of the molecule is CC(=O)c1cccc(NC(=O)C=Cc2cnc3ccccc3n2)c1. The molecule has 24 heavy (non-hydrogen) atoms. The van der Waals surface area contributed by atoms with Crippen molar-refractivity contribution in [2.45, 2.75) is 6.92 Å². The first-order valence-corrected chi connectivity index (χ1v) is 7.44. The number of fused-ring (bicyclic) bond motifs is 1. The monoisotopic (exact) mass is 317 g/mol. The second-order valence-corrected chi connectivity index (χ2v) is 5.24. The predicted molar refractivity (Wildman–Crippen MR) is 93.6 cm³/mol. The zero-order valence-corrected chi connectivity index (χ0v) is 13.1. The van der Waals surface area contributed by atoms with Gasteiger partial charge in [0.05, 0.1) is 22.9 Å². The minimum absolute atomic E-state index is 0.0481. The van der Waals surface area contributed by atoms with E-state index in [0.717, 1.165) is 11.0 Å². The molecular formula is C19H15N3O2. The molecule has 0 fully saturated rings. The summed E-state index contributed by atoms with van der Waals surface area (Å²) in [7, 11) is 0. The van der Waals surface area contributed by atoms with E-state index in [1.54, 1.807) is 36.5 Å². The lowest BCUT2D eigenvalue weighted by Gasteiger charge is -2.03. The second kappa shape index (κ2) is 6.83. The number of amides is 1. The normalized spacial score (nSPS) is 10.9. The van der Waals surface area contributed by atoms with Gasteiger partial charge in [0.1, 0.15) is 0 Å². The Kier molecular flexibility index (Phi) is 4.43. The number of hydrogen-bond donors (Lipinski definition) is 1. The van der Waals surface area contributed by atoms with Crippen molar-refractivity contribution in [3.63, 3.8) is 0 Å². The minimum Gasteiger partial charge on any atom is -0.322 e. The largest absolute Gasteiger partial charge is 0.322 e. The molecule has 0 aliphatic carbocycles. The van der Waals surface area contributed by atoms with Gasteiger partial charge in [-0.05, 0) is 37.3 Å². The van der Waals surface area contributed by atoms with Crippen molar-refractivity contribution in [3.8, 4) is 0 Å². The van der Waals surface area contributed by atoms with Crippen molar-refractivity contribution in [1.29, 1.82) is 0 Å². The summed E-state index contributed by atoms with van der Waals surface area (Å²) in [6.45, 7) is 1.49. The van der Waals surface area contributed by atoms with Crippen LogP contribution in [0.4, 0.5) is 5.69 Å². The van der Waals surface area contributed by atoms with Crippen molar-refractivity contribution in [2.75, 3.05) is 5.32 Å². The number of benzene rings is 2. The Labute approximate surface area is 139 Å². The molecule has 0 unspecified atom stereocenters. The van der Waals surface area contributed by atoms with Crippen LogP contribution in [0.5, 0.6) is 0 Å². The molecule has 0 saturated heterocycles. The second-order valence-electron chi connectivity index (χ2n) is 5.24. The zero-order valence-electron chi connectivity index (χ0n) is 13.1. The summed E-state index contributed by atoms with van der Waals surface area (Å²) in [4.78, 5) is 32.1. The van der Waals surface area contributed by atoms with Crippen LogP contribution in [0.15, 0.2) is 60.8 Å². The number of hydrogen-bond acceptors (Lipinski definition) is 4. The molecule has 3 aromatic rings. The molecule has 1 amide bonds. The van der Waals surface area contributed by atoms with Crippen molar-refractivity contribution in [2.24, 2.45) is 0 Å². The Hall–Kier alpha value is -3.34. The lowest BCUT2D eigenvalue weighted by molar-refractivity contribution is -0.111. The summed E-state index contributed by atoms with van der Waals surface area (Å²) >= 11 is 0. The van der Waals surface area contributed by atoms with Gasteiger partial charge in [-0.25, -0.2) is 4.98 Å². The molecule has 0 aliphatic rings. The Bertz CT molecular complexity index is 948. The van der Waals surface area contributed by atoms with E-state index in [1.807, 2.05) is 24.3 Å². The third-order valence-corrected chi connectivity index (χ3v) is 3.41. The maximum Gasteiger partial charge on any atom is 0.248 e. The summed E-state index contributed by atoms with van der Waals surface area (Å²) in [5.41, 5.74) is 3.30. The first-order valence-electron chi connectivity index (χ1n) is 7.44. The molecule has 118 valence electrons. The molecule has 3 rings (SSSR count). The molecular weight excluding hydrogens is 302 g/mol. The highest BCUT2D eigenvalue weighted by Crippen LogP contribution is 2.12. The van der Waals surface area contributed by atoms with Crippen LogP contribution in [0.25, 0.3) is 17.1 Å². The fraction of sp³-hybridized carbons (Fsp3) is 0.0526. The van der Waals surface area contributed by atoms with E-state index >= 15 is 0 Å². The molecule has 0 radical (unpaired) electrons. The molecule has 0 saturated carbocycles. The van der Waals surface area contributed by atoms with Crippen LogP contribution in [0.1, 0.15) is 23.0 Å². The first-order chi connectivity index (χ1) is 11.6. The minimum atomic E-state index is -0.300. The molecule has 0 spiro atoms. The van der Waals surface area contributed by atoms with Gasteiger partial charge < -0.3 is 5.32 Å². The first kappa shape index (κ1) is 15.6. The zero-order chi connectivity index (χ0) is 16.9. The topological polar surface area (TPSA) is 72.0 Å². The van der Waals surface area contributed by atoms with E-state index in [-0.39, 0.29) is 11.7 Å². The van der Waals surface area contributed by atoms with Crippen LogP contribution >= 0.6 is 0 Å². The van der Waals surface area contributed by atoms with Gasteiger partial charge in [0.25, 0.3) is 0 Å². The average Bonchev–Trinajstić information content (AvgIpc) is 2.60. The Morgan fingerprint density at radius 1 is 1.04 bits per heavy atom. The van der Waals surface area contributed by atoms with E-state index in [1.165, 1.54) is 13.0 Å². The maximum atomic E-state index is 12.0. The quantitative estimate of drug-likeness (QED) is 0.590. The third-order valence-electron chi connectivity index (χ3n) is 3.41. The summed E-state index contributed by atoms with van der Waals surface area (Å²) in [5.74, 6) is -0.348. The number of ketones is 1.